The summed E-state index contributed by atoms with van der Waals surface area (Å²) in [5.74, 6) is 0. The van der Waals surface area contributed by atoms with Gasteiger partial charge in [-0.15, -0.1) is 0 Å². The first-order valence-electron chi connectivity index (χ1n) is 6.58. The van der Waals surface area contributed by atoms with E-state index < -0.39 is 0 Å². The fourth-order valence-corrected chi connectivity index (χ4v) is 2.08. The van der Waals surface area contributed by atoms with Gasteiger partial charge in [-0.25, -0.2) is 0 Å². The number of pyridine rings is 1. The van der Waals surface area contributed by atoms with Gasteiger partial charge in [-0.05, 0) is 25.6 Å². The monoisotopic (exact) mass is 247 g/mol. The number of nitrogens with zero attached hydrogens (tertiary/aromatic N) is 3. The van der Waals surface area contributed by atoms with Gasteiger partial charge in [0, 0.05) is 37.8 Å². The standard InChI is InChI=1S/C14H21N3O/c1-3-12-10-14(18-16-12)11-17(2)9-7-13-6-4-5-8-15-13/h4-6,8,14H,3,7,9-11H2,1-2H3. The van der Waals surface area contributed by atoms with E-state index in [0.717, 1.165) is 38.0 Å². The normalized spacial score (nSPS) is 18.8. The first-order valence-corrected chi connectivity index (χ1v) is 6.58. The van der Waals surface area contributed by atoms with Crippen LogP contribution in [0.4, 0.5) is 0 Å². The molecule has 0 bridgehead atoms. The van der Waals surface area contributed by atoms with Gasteiger partial charge >= 0.3 is 0 Å². The number of rotatable bonds is 6. The Morgan fingerprint density at radius 1 is 1.44 bits per heavy atom. The van der Waals surface area contributed by atoms with Crippen LogP contribution in [0.15, 0.2) is 29.6 Å². The van der Waals surface area contributed by atoms with Crippen molar-refractivity contribution in [3.63, 3.8) is 0 Å². The number of oxime groups is 1. The maximum absolute atomic E-state index is 5.41. The fraction of sp³-hybridized carbons (Fsp3) is 0.571. The molecular weight excluding hydrogens is 226 g/mol. The minimum atomic E-state index is 0.230. The van der Waals surface area contributed by atoms with Crippen molar-refractivity contribution in [2.45, 2.75) is 32.3 Å². The van der Waals surface area contributed by atoms with Gasteiger partial charge < -0.3 is 9.74 Å². The second-order valence-corrected chi connectivity index (χ2v) is 4.78. The summed E-state index contributed by atoms with van der Waals surface area (Å²) in [6, 6.07) is 6.05. The molecule has 4 heteroatoms. The highest BCUT2D eigenvalue weighted by molar-refractivity contribution is 5.85. The summed E-state index contributed by atoms with van der Waals surface area (Å²) in [7, 11) is 2.12. The van der Waals surface area contributed by atoms with Gasteiger partial charge in [0.1, 0.15) is 6.10 Å². The van der Waals surface area contributed by atoms with Gasteiger partial charge in [0.2, 0.25) is 0 Å². The van der Waals surface area contributed by atoms with E-state index >= 15 is 0 Å². The van der Waals surface area contributed by atoms with Gasteiger partial charge in [-0.3, -0.25) is 4.98 Å². The Kier molecular flexibility index (Phi) is 4.70. The summed E-state index contributed by atoms with van der Waals surface area (Å²) in [6.45, 7) is 4.05. The summed E-state index contributed by atoms with van der Waals surface area (Å²) < 4.78 is 0. The van der Waals surface area contributed by atoms with Crippen LogP contribution in [0.3, 0.4) is 0 Å². The first-order chi connectivity index (χ1) is 8.78. The molecule has 4 nitrogen and oxygen atoms in total. The molecule has 0 radical (unpaired) electrons. The zero-order chi connectivity index (χ0) is 12.8. The summed E-state index contributed by atoms with van der Waals surface area (Å²) >= 11 is 0. The molecule has 1 atom stereocenters. The molecule has 1 aromatic heterocycles. The SMILES string of the molecule is CCC1=NOC(CN(C)CCc2ccccn2)C1. The minimum absolute atomic E-state index is 0.230. The third-order valence-corrected chi connectivity index (χ3v) is 3.19. The molecule has 98 valence electrons. The second-order valence-electron chi connectivity index (χ2n) is 4.78. The van der Waals surface area contributed by atoms with E-state index in [1.165, 1.54) is 5.71 Å². The fourth-order valence-electron chi connectivity index (χ4n) is 2.08. The molecule has 1 aromatic rings. The average molecular weight is 247 g/mol. The molecule has 0 N–H and O–H groups in total. The van der Waals surface area contributed by atoms with E-state index in [0.29, 0.717) is 0 Å². The Hall–Kier alpha value is -1.42. The summed E-state index contributed by atoms with van der Waals surface area (Å²) in [5.41, 5.74) is 2.32. The van der Waals surface area contributed by atoms with Crippen LogP contribution < -0.4 is 0 Å². The molecule has 2 heterocycles. The molecule has 1 aliphatic rings. The number of likely N-dealkylation sites (N-methyl/N-ethyl adjacent to an activating group) is 1. The molecule has 18 heavy (non-hydrogen) atoms. The smallest absolute Gasteiger partial charge is 0.145 e. The topological polar surface area (TPSA) is 37.7 Å². The van der Waals surface area contributed by atoms with Crippen molar-refractivity contribution in [3.8, 4) is 0 Å². The molecule has 0 aliphatic carbocycles. The molecule has 2 rings (SSSR count). The summed E-state index contributed by atoms with van der Waals surface area (Å²) in [4.78, 5) is 12.0. The van der Waals surface area contributed by atoms with E-state index in [1.54, 1.807) is 0 Å². The molecule has 0 spiro atoms. The average Bonchev–Trinajstić information content (AvgIpc) is 2.85. The van der Waals surface area contributed by atoms with Crippen LogP contribution in [-0.2, 0) is 11.3 Å². The van der Waals surface area contributed by atoms with Crippen molar-refractivity contribution in [3.05, 3.63) is 30.1 Å². The predicted octanol–water partition coefficient (Wildman–Crippen LogP) is 2.11. The molecular formula is C14H21N3O. The van der Waals surface area contributed by atoms with Crippen molar-refractivity contribution < 1.29 is 4.84 Å². The second kappa shape index (κ2) is 6.50. The Balaban J connectivity index is 1.69. The lowest BCUT2D eigenvalue weighted by molar-refractivity contribution is 0.0596. The molecule has 0 amide bonds. The van der Waals surface area contributed by atoms with E-state index in [1.807, 2.05) is 18.3 Å². The van der Waals surface area contributed by atoms with Crippen LogP contribution in [-0.4, -0.2) is 41.8 Å². The largest absolute Gasteiger partial charge is 0.391 e. The molecule has 0 fully saturated rings. The van der Waals surface area contributed by atoms with Crippen molar-refractivity contribution in [1.82, 2.24) is 9.88 Å². The van der Waals surface area contributed by atoms with Crippen LogP contribution in [0.2, 0.25) is 0 Å². The predicted molar refractivity (Wildman–Crippen MR) is 72.7 cm³/mol. The van der Waals surface area contributed by atoms with E-state index in [-0.39, 0.29) is 6.10 Å². The number of hydrogen-bond acceptors (Lipinski definition) is 4. The van der Waals surface area contributed by atoms with Gasteiger partial charge in [0.15, 0.2) is 0 Å². The quantitative estimate of drug-likeness (QED) is 0.772. The lowest BCUT2D eigenvalue weighted by atomic mass is 10.1. The molecule has 1 aliphatic heterocycles. The third kappa shape index (κ3) is 3.81. The maximum Gasteiger partial charge on any atom is 0.145 e. The summed E-state index contributed by atoms with van der Waals surface area (Å²) in [6.07, 6.45) is 5.02. The van der Waals surface area contributed by atoms with Crippen LogP contribution in [0, 0.1) is 0 Å². The van der Waals surface area contributed by atoms with Crippen LogP contribution in [0.25, 0.3) is 0 Å². The Morgan fingerprint density at radius 3 is 3.00 bits per heavy atom. The lowest BCUT2D eigenvalue weighted by Crippen LogP contribution is -2.31. The van der Waals surface area contributed by atoms with Crippen LogP contribution >= 0.6 is 0 Å². The Morgan fingerprint density at radius 2 is 2.33 bits per heavy atom. The molecule has 0 saturated heterocycles. The van der Waals surface area contributed by atoms with E-state index in [2.05, 4.69) is 35.1 Å². The van der Waals surface area contributed by atoms with Crippen molar-refractivity contribution in [2.75, 3.05) is 20.1 Å². The van der Waals surface area contributed by atoms with Gasteiger partial charge in [0.05, 0.1) is 5.71 Å². The molecule has 0 saturated carbocycles. The molecule has 1 unspecified atom stereocenters. The van der Waals surface area contributed by atoms with Crippen LogP contribution in [0.5, 0.6) is 0 Å². The Bertz CT molecular complexity index is 391. The van der Waals surface area contributed by atoms with Gasteiger partial charge in [0.25, 0.3) is 0 Å². The highest BCUT2D eigenvalue weighted by atomic mass is 16.6. The van der Waals surface area contributed by atoms with E-state index in [4.69, 9.17) is 4.84 Å². The maximum atomic E-state index is 5.41. The van der Waals surface area contributed by atoms with Crippen molar-refractivity contribution in [2.24, 2.45) is 5.16 Å². The first kappa shape index (κ1) is 13.0. The van der Waals surface area contributed by atoms with Crippen LogP contribution in [0.1, 0.15) is 25.5 Å². The highest BCUT2D eigenvalue weighted by Crippen LogP contribution is 2.13. The van der Waals surface area contributed by atoms with Crippen molar-refractivity contribution in [1.29, 1.82) is 0 Å². The molecule has 0 aromatic carbocycles. The zero-order valence-corrected chi connectivity index (χ0v) is 11.2. The number of aromatic nitrogens is 1. The number of hydrogen-bond donors (Lipinski definition) is 0. The lowest BCUT2D eigenvalue weighted by Gasteiger charge is -2.19. The summed E-state index contributed by atoms with van der Waals surface area (Å²) in [5, 5.41) is 4.08. The minimum Gasteiger partial charge on any atom is -0.391 e. The van der Waals surface area contributed by atoms with E-state index in [9.17, 15) is 0 Å². The zero-order valence-electron chi connectivity index (χ0n) is 11.2. The van der Waals surface area contributed by atoms with Gasteiger partial charge in [-0.1, -0.05) is 18.1 Å². The van der Waals surface area contributed by atoms with Gasteiger partial charge in [-0.2, -0.15) is 0 Å². The Labute approximate surface area is 109 Å². The third-order valence-electron chi connectivity index (χ3n) is 3.19. The highest BCUT2D eigenvalue weighted by Gasteiger charge is 2.20. The van der Waals surface area contributed by atoms with Crippen molar-refractivity contribution >= 4 is 5.71 Å².